The molecule has 11 heteroatoms. The molecule has 1 heterocycles. The van der Waals surface area contributed by atoms with Crippen molar-refractivity contribution >= 4 is 58.3 Å². The van der Waals surface area contributed by atoms with Crippen LogP contribution in [0.3, 0.4) is 0 Å². The number of hydrogen-bond donors (Lipinski definition) is 2. The summed E-state index contributed by atoms with van der Waals surface area (Å²) in [6.45, 7) is 5.51. The zero-order valence-corrected chi connectivity index (χ0v) is 19.0. The van der Waals surface area contributed by atoms with Crippen molar-refractivity contribution in [3.05, 3.63) is 35.0 Å². The number of benzene rings is 1. The van der Waals surface area contributed by atoms with Gasteiger partial charge in [0.2, 0.25) is 3.79 Å². The van der Waals surface area contributed by atoms with Gasteiger partial charge in [-0.25, -0.2) is 9.48 Å². The fourth-order valence-electron chi connectivity index (χ4n) is 2.24. The van der Waals surface area contributed by atoms with Gasteiger partial charge in [0.25, 0.3) is 0 Å². The monoisotopic (exact) mass is 483 g/mol. The molecule has 0 spiro atoms. The normalized spacial score (nSPS) is 12.0. The Morgan fingerprint density at radius 1 is 1.21 bits per heavy atom. The number of aromatic nitrogens is 2. The van der Waals surface area contributed by atoms with E-state index in [9.17, 15) is 4.79 Å². The third-order valence-corrected chi connectivity index (χ3v) is 4.08. The maximum absolute atomic E-state index is 12.1. The topological polar surface area (TPSA) is 85.6 Å². The lowest BCUT2D eigenvalue weighted by molar-refractivity contribution is 0.163. The summed E-state index contributed by atoms with van der Waals surface area (Å²) < 4.78 is 10.1. The van der Waals surface area contributed by atoms with E-state index in [0.29, 0.717) is 28.0 Å². The number of halogens is 4. The molecule has 0 unspecified atom stereocenters. The van der Waals surface area contributed by atoms with Crippen LogP contribution in [0.15, 0.2) is 24.3 Å². The number of nitrogens with one attached hydrogen (secondary N) is 1. The van der Waals surface area contributed by atoms with E-state index in [2.05, 4.69) is 10.4 Å². The first-order chi connectivity index (χ1) is 13.4. The molecule has 2 aromatic rings. The predicted octanol–water partition coefficient (Wildman–Crippen LogP) is 5.11. The van der Waals surface area contributed by atoms with Gasteiger partial charge in [-0.3, -0.25) is 5.32 Å². The van der Waals surface area contributed by atoms with Gasteiger partial charge in [0.15, 0.2) is 0 Å². The molecule has 0 atom stereocenters. The van der Waals surface area contributed by atoms with Crippen LogP contribution in [-0.4, -0.2) is 44.6 Å². The van der Waals surface area contributed by atoms with E-state index in [-0.39, 0.29) is 18.6 Å². The summed E-state index contributed by atoms with van der Waals surface area (Å²) in [6.07, 6.45) is -0.809. The molecule has 0 saturated heterocycles. The minimum absolute atomic E-state index is 0.112. The molecule has 1 aromatic heterocycles. The molecule has 29 heavy (non-hydrogen) atoms. The van der Waals surface area contributed by atoms with Crippen molar-refractivity contribution in [2.24, 2.45) is 0 Å². The maximum atomic E-state index is 12.1. The molecular weight excluding hydrogens is 464 g/mol. The number of amides is 1. The van der Waals surface area contributed by atoms with Gasteiger partial charge in [-0.15, -0.1) is 0 Å². The highest BCUT2D eigenvalue weighted by atomic mass is 35.6. The second kappa shape index (κ2) is 9.62. The molecule has 0 bridgehead atoms. The molecule has 0 aliphatic rings. The molecule has 1 amide bonds. The van der Waals surface area contributed by atoms with Crippen LogP contribution in [0.1, 0.15) is 26.5 Å². The van der Waals surface area contributed by atoms with Gasteiger partial charge >= 0.3 is 6.09 Å². The Bertz CT molecular complexity index is 860. The Hall–Kier alpha value is -1.38. The number of hydrogen-bond acceptors (Lipinski definition) is 5. The van der Waals surface area contributed by atoms with Crippen molar-refractivity contribution < 1.29 is 19.4 Å². The lowest BCUT2D eigenvalue weighted by Gasteiger charge is -2.14. The fraction of sp³-hybridized carbons (Fsp3) is 0.444. The Kier molecular flexibility index (Phi) is 7.93. The Balaban J connectivity index is 2.39. The van der Waals surface area contributed by atoms with Crippen molar-refractivity contribution in [3.8, 4) is 11.4 Å². The van der Waals surface area contributed by atoms with Crippen LogP contribution in [0.4, 0.5) is 10.6 Å². The number of rotatable bonds is 6. The van der Waals surface area contributed by atoms with E-state index in [1.165, 1.54) is 4.68 Å². The van der Waals surface area contributed by atoms with Gasteiger partial charge in [-0.05, 0) is 12.1 Å². The fourth-order valence-corrected chi connectivity index (χ4v) is 2.62. The molecule has 0 saturated carbocycles. The number of carbonyl (C=O) groups excluding carboxylic acids is 1. The number of nitrogens with zero attached hydrogens (tertiary/aromatic N) is 2. The molecule has 0 fully saturated rings. The predicted molar refractivity (Wildman–Crippen MR) is 115 cm³/mol. The first kappa shape index (κ1) is 23.9. The van der Waals surface area contributed by atoms with E-state index in [4.69, 9.17) is 61.0 Å². The quantitative estimate of drug-likeness (QED) is 0.556. The molecule has 0 radical (unpaired) electrons. The molecule has 160 valence electrons. The van der Waals surface area contributed by atoms with E-state index < -0.39 is 16.5 Å². The van der Waals surface area contributed by atoms with Crippen LogP contribution in [0.2, 0.25) is 5.02 Å². The van der Waals surface area contributed by atoms with Crippen LogP contribution >= 0.6 is 46.4 Å². The zero-order valence-electron chi connectivity index (χ0n) is 16.0. The number of anilines is 1. The Labute approximate surface area is 188 Å². The number of aliphatic hydroxyl groups is 1. The van der Waals surface area contributed by atoms with Crippen molar-refractivity contribution in [1.82, 2.24) is 9.78 Å². The van der Waals surface area contributed by atoms with Crippen molar-refractivity contribution in [3.63, 3.8) is 0 Å². The van der Waals surface area contributed by atoms with Crippen molar-refractivity contribution in [2.45, 2.75) is 30.0 Å². The lowest BCUT2D eigenvalue weighted by atomic mass is 9.92. The molecule has 7 nitrogen and oxygen atoms in total. The van der Waals surface area contributed by atoms with E-state index in [1.54, 1.807) is 24.3 Å². The van der Waals surface area contributed by atoms with Gasteiger partial charge in [0, 0.05) is 22.6 Å². The van der Waals surface area contributed by atoms with E-state index in [0.717, 1.165) is 0 Å². The molecular formula is C18H21Cl4N3O4. The van der Waals surface area contributed by atoms with E-state index >= 15 is 0 Å². The average molecular weight is 485 g/mol. The smallest absolute Gasteiger partial charge is 0.412 e. The molecule has 0 aliphatic heterocycles. The van der Waals surface area contributed by atoms with Gasteiger partial charge in [-0.2, -0.15) is 5.10 Å². The van der Waals surface area contributed by atoms with Crippen LogP contribution < -0.4 is 10.1 Å². The SMILES string of the molecule is CC(C)(C)c1cc(NC(=O)OCC(Cl)(Cl)Cl)n(-c2cc(Cl)cc(OCCO)c2)n1. The summed E-state index contributed by atoms with van der Waals surface area (Å²) in [5.41, 5.74) is 0.961. The highest BCUT2D eigenvalue weighted by Gasteiger charge is 2.25. The van der Waals surface area contributed by atoms with Gasteiger partial charge in [-0.1, -0.05) is 67.2 Å². The minimum Gasteiger partial charge on any atom is -0.491 e. The summed E-state index contributed by atoms with van der Waals surface area (Å²) in [5.74, 6) is 0.777. The zero-order chi connectivity index (χ0) is 21.8. The third-order valence-electron chi connectivity index (χ3n) is 3.54. The van der Waals surface area contributed by atoms with E-state index in [1.807, 2.05) is 20.8 Å². The molecule has 0 aliphatic carbocycles. The molecule has 1 aromatic carbocycles. The average Bonchev–Trinajstić information content (AvgIpc) is 3.01. The van der Waals surface area contributed by atoms with Gasteiger partial charge < -0.3 is 14.6 Å². The summed E-state index contributed by atoms with van der Waals surface area (Å²) in [7, 11) is 0. The standard InChI is InChI=1S/C18H21Cl4N3O4/c1-17(2,3)14-9-15(23-16(27)29-10-18(20,21)22)25(24-14)12-6-11(19)7-13(8-12)28-5-4-26/h6-9,26H,4-5,10H2,1-3H3,(H,23,27). The first-order valence-electron chi connectivity index (χ1n) is 8.55. The van der Waals surface area contributed by atoms with Crippen LogP contribution in [0.5, 0.6) is 5.75 Å². The van der Waals surface area contributed by atoms with Crippen LogP contribution in [0.25, 0.3) is 5.69 Å². The number of aliphatic hydroxyl groups excluding tert-OH is 1. The third kappa shape index (κ3) is 7.42. The summed E-state index contributed by atoms with van der Waals surface area (Å²) in [6, 6.07) is 6.66. The maximum Gasteiger partial charge on any atom is 0.412 e. The first-order valence-corrected chi connectivity index (χ1v) is 10.1. The Morgan fingerprint density at radius 2 is 1.90 bits per heavy atom. The number of ether oxygens (including phenoxy) is 2. The number of carbonyl (C=O) groups is 1. The largest absolute Gasteiger partial charge is 0.491 e. The van der Waals surface area contributed by atoms with Crippen molar-refractivity contribution in [1.29, 1.82) is 0 Å². The minimum atomic E-state index is -1.72. The summed E-state index contributed by atoms with van der Waals surface area (Å²) in [4.78, 5) is 12.1. The van der Waals surface area contributed by atoms with Gasteiger partial charge in [0.1, 0.15) is 24.8 Å². The van der Waals surface area contributed by atoms with Crippen LogP contribution in [0, 0.1) is 0 Å². The number of alkyl halides is 3. The highest BCUT2D eigenvalue weighted by Crippen LogP contribution is 2.30. The van der Waals surface area contributed by atoms with Gasteiger partial charge in [0.05, 0.1) is 18.0 Å². The summed E-state index contributed by atoms with van der Waals surface area (Å²) in [5, 5.41) is 16.5. The molecule has 2 rings (SSSR count). The van der Waals surface area contributed by atoms with Crippen molar-refractivity contribution in [2.75, 3.05) is 25.1 Å². The second-order valence-corrected chi connectivity index (χ2v) is 10.1. The Morgan fingerprint density at radius 3 is 2.48 bits per heavy atom. The van der Waals surface area contributed by atoms with Crippen LogP contribution in [-0.2, 0) is 10.2 Å². The highest BCUT2D eigenvalue weighted by molar-refractivity contribution is 6.67. The molecule has 2 N–H and O–H groups in total. The second-order valence-electron chi connectivity index (χ2n) is 7.11. The lowest BCUT2D eigenvalue weighted by Crippen LogP contribution is -2.22. The summed E-state index contributed by atoms with van der Waals surface area (Å²) >= 11 is 23.0.